The number of ether oxygens (including phenoxy) is 1. The van der Waals surface area contributed by atoms with Gasteiger partial charge in [-0.15, -0.1) is 0 Å². The second kappa shape index (κ2) is 6.84. The SMILES string of the molecule is COc1cnc(C#N)c2[nH]cc(C(=O)C(=O)N3CCN(C(C)=O)CC3)c12. The van der Waals surface area contributed by atoms with Gasteiger partial charge in [-0.05, 0) is 0 Å². The number of ketones is 1. The second-order valence-corrected chi connectivity index (χ2v) is 5.87. The third-order valence-corrected chi connectivity index (χ3v) is 4.45. The normalized spacial score (nSPS) is 14.2. The van der Waals surface area contributed by atoms with Crippen molar-refractivity contribution in [1.29, 1.82) is 5.26 Å². The Bertz CT molecular complexity index is 935. The topological polar surface area (TPSA) is 119 Å². The molecule has 2 aromatic rings. The van der Waals surface area contributed by atoms with Crippen LogP contribution in [0.1, 0.15) is 23.0 Å². The molecule has 0 bridgehead atoms. The van der Waals surface area contributed by atoms with Crippen molar-refractivity contribution < 1.29 is 19.1 Å². The molecular weight excluding hydrogens is 338 g/mol. The van der Waals surface area contributed by atoms with Crippen LogP contribution in [0, 0.1) is 11.3 Å². The van der Waals surface area contributed by atoms with Crippen molar-refractivity contribution in [3.05, 3.63) is 23.7 Å². The number of piperazine rings is 1. The summed E-state index contributed by atoms with van der Waals surface area (Å²) in [7, 11) is 1.42. The number of Topliss-reactive ketones (excluding diaryl/α,β-unsaturated/α-hetero) is 1. The van der Waals surface area contributed by atoms with Crippen LogP contribution in [-0.2, 0) is 9.59 Å². The molecule has 0 radical (unpaired) electrons. The predicted octanol–water partition coefficient (Wildman–Crippen LogP) is 0.317. The highest BCUT2D eigenvalue weighted by Crippen LogP contribution is 2.30. The van der Waals surface area contributed by atoms with Gasteiger partial charge in [-0.1, -0.05) is 0 Å². The molecular formula is C17H17N5O4. The maximum Gasteiger partial charge on any atom is 0.295 e. The molecule has 9 heteroatoms. The third-order valence-electron chi connectivity index (χ3n) is 4.45. The number of methoxy groups -OCH3 is 1. The van der Waals surface area contributed by atoms with Crippen LogP contribution < -0.4 is 4.74 Å². The van der Waals surface area contributed by atoms with Gasteiger partial charge in [0, 0.05) is 39.3 Å². The first-order valence-corrected chi connectivity index (χ1v) is 8.01. The van der Waals surface area contributed by atoms with E-state index in [1.807, 2.05) is 6.07 Å². The highest BCUT2D eigenvalue weighted by atomic mass is 16.5. The lowest BCUT2D eigenvalue weighted by molar-refractivity contribution is -0.135. The van der Waals surface area contributed by atoms with Gasteiger partial charge in [0.1, 0.15) is 11.8 Å². The number of carbonyl (C=O) groups excluding carboxylic acids is 3. The van der Waals surface area contributed by atoms with Gasteiger partial charge in [0.2, 0.25) is 5.91 Å². The quantitative estimate of drug-likeness (QED) is 0.625. The summed E-state index contributed by atoms with van der Waals surface area (Å²) in [5, 5.41) is 9.53. The number of rotatable bonds is 3. The molecule has 1 aliphatic rings. The summed E-state index contributed by atoms with van der Waals surface area (Å²) in [6.45, 7) is 2.87. The number of nitrogens with one attached hydrogen (secondary N) is 1. The van der Waals surface area contributed by atoms with Crippen LogP contribution in [0.3, 0.4) is 0 Å². The van der Waals surface area contributed by atoms with Gasteiger partial charge in [-0.25, -0.2) is 4.98 Å². The number of amides is 2. The Kier molecular flexibility index (Phi) is 4.58. The second-order valence-electron chi connectivity index (χ2n) is 5.87. The Morgan fingerprint density at radius 2 is 1.88 bits per heavy atom. The standard InChI is InChI=1S/C17H17N5O4/c1-10(23)21-3-5-22(6-4-21)17(25)16(24)11-8-20-15-12(7-18)19-9-13(26-2)14(11)15/h8-9,20H,3-6H2,1-2H3. The van der Waals surface area contributed by atoms with Crippen molar-refractivity contribution in [2.75, 3.05) is 33.3 Å². The Labute approximate surface area is 149 Å². The number of hydrogen-bond acceptors (Lipinski definition) is 6. The van der Waals surface area contributed by atoms with E-state index in [1.54, 1.807) is 4.90 Å². The maximum absolute atomic E-state index is 12.8. The third kappa shape index (κ3) is 2.86. The lowest BCUT2D eigenvalue weighted by Crippen LogP contribution is -2.51. The minimum atomic E-state index is -0.694. The summed E-state index contributed by atoms with van der Waals surface area (Å²) in [5.74, 6) is -1.09. The molecule has 0 aliphatic carbocycles. The Hall–Kier alpha value is -3.41. The highest BCUT2D eigenvalue weighted by molar-refractivity contribution is 6.45. The van der Waals surface area contributed by atoms with E-state index < -0.39 is 11.7 Å². The van der Waals surface area contributed by atoms with Gasteiger partial charge in [-0.3, -0.25) is 14.4 Å². The molecule has 1 fully saturated rings. The lowest BCUT2D eigenvalue weighted by Gasteiger charge is -2.33. The molecule has 134 valence electrons. The van der Waals surface area contributed by atoms with E-state index in [2.05, 4.69) is 9.97 Å². The highest BCUT2D eigenvalue weighted by Gasteiger charge is 2.30. The van der Waals surface area contributed by atoms with Crippen molar-refractivity contribution in [2.24, 2.45) is 0 Å². The molecule has 1 saturated heterocycles. The minimum Gasteiger partial charge on any atom is -0.494 e. The fraction of sp³-hybridized carbons (Fsp3) is 0.353. The molecule has 0 saturated carbocycles. The average Bonchev–Trinajstić information content (AvgIpc) is 3.11. The number of nitrogens with zero attached hydrogens (tertiary/aromatic N) is 4. The number of carbonyl (C=O) groups is 3. The fourth-order valence-corrected chi connectivity index (χ4v) is 3.02. The molecule has 0 atom stereocenters. The van der Waals surface area contributed by atoms with Crippen molar-refractivity contribution in [3.63, 3.8) is 0 Å². The van der Waals surface area contributed by atoms with Crippen LogP contribution in [0.4, 0.5) is 0 Å². The summed E-state index contributed by atoms with van der Waals surface area (Å²) in [4.78, 5) is 46.6. The lowest BCUT2D eigenvalue weighted by atomic mass is 10.1. The van der Waals surface area contributed by atoms with Gasteiger partial charge < -0.3 is 19.5 Å². The van der Waals surface area contributed by atoms with Crippen LogP contribution in [-0.4, -0.2) is 70.7 Å². The van der Waals surface area contributed by atoms with Crippen LogP contribution in [0.5, 0.6) is 5.75 Å². The Morgan fingerprint density at radius 1 is 1.23 bits per heavy atom. The summed E-state index contributed by atoms with van der Waals surface area (Å²) >= 11 is 0. The molecule has 1 N–H and O–H groups in total. The Morgan fingerprint density at radius 3 is 2.46 bits per heavy atom. The van der Waals surface area contributed by atoms with E-state index in [0.717, 1.165) is 0 Å². The van der Waals surface area contributed by atoms with Crippen molar-refractivity contribution in [1.82, 2.24) is 19.8 Å². The first-order chi connectivity index (χ1) is 12.5. The van der Waals surface area contributed by atoms with E-state index in [9.17, 15) is 14.4 Å². The first-order valence-electron chi connectivity index (χ1n) is 8.01. The smallest absolute Gasteiger partial charge is 0.295 e. The van der Waals surface area contributed by atoms with E-state index >= 15 is 0 Å². The zero-order valence-corrected chi connectivity index (χ0v) is 14.4. The van der Waals surface area contributed by atoms with Gasteiger partial charge in [0.25, 0.3) is 11.7 Å². The summed E-state index contributed by atoms with van der Waals surface area (Å²) in [6, 6.07) is 1.94. The van der Waals surface area contributed by atoms with E-state index in [-0.39, 0.29) is 17.2 Å². The molecule has 1 aliphatic heterocycles. The number of fused-ring (bicyclic) bond motifs is 1. The summed E-state index contributed by atoms with van der Waals surface area (Å²) < 4.78 is 5.23. The van der Waals surface area contributed by atoms with Crippen LogP contribution >= 0.6 is 0 Å². The number of H-pyrrole nitrogens is 1. The van der Waals surface area contributed by atoms with Crippen molar-refractivity contribution >= 4 is 28.5 Å². The summed E-state index contributed by atoms with van der Waals surface area (Å²) in [5.41, 5.74) is 0.599. The average molecular weight is 355 g/mol. The molecule has 3 rings (SSSR count). The number of aromatic amines is 1. The van der Waals surface area contributed by atoms with E-state index in [1.165, 1.54) is 31.3 Å². The van der Waals surface area contributed by atoms with Gasteiger partial charge >= 0.3 is 0 Å². The summed E-state index contributed by atoms with van der Waals surface area (Å²) in [6.07, 6.45) is 2.74. The minimum absolute atomic E-state index is 0.0543. The molecule has 2 aromatic heterocycles. The molecule has 3 heterocycles. The fourth-order valence-electron chi connectivity index (χ4n) is 3.02. The number of nitriles is 1. The van der Waals surface area contributed by atoms with Gasteiger partial charge in [-0.2, -0.15) is 5.26 Å². The van der Waals surface area contributed by atoms with Crippen LogP contribution in [0.15, 0.2) is 12.4 Å². The maximum atomic E-state index is 12.8. The molecule has 0 spiro atoms. The molecule has 9 nitrogen and oxygen atoms in total. The molecule has 26 heavy (non-hydrogen) atoms. The predicted molar refractivity (Wildman–Crippen MR) is 90.5 cm³/mol. The number of aromatic nitrogens is 2. The largest absolute Gasteiger partial charge is 0.494 e. The van der Waals surface area contributed by atoms with Gasteiger partial charge in [0.15, 0.2) is 5.69 Å². The van der Waals surface area contributed by atoms with E-state index in [0.29, 0.717) is 42.8 Å². The zero-order valence-electron chi connectivity index (χ0n) is 14.4. The molecule has 0 aromatic carbocycles. The van der Waals surface area contributed by atoms with Crippen LogP contribution in [0.25, 0.3) is 10.9 Å². The monoisotopic (exact) mass is 355 g/mol. The van der Waals surface area contributed by atoms with Crippen LogP contribution in [0.2, 0.25) is 0 Å². The van der Waals surface area contributed by atoms with Crippen molar-refractivity contribution in [2.45, 2.75) is 6.92 Å². The first kappa shape index (κ1) is 17.4. The Balaban J connectivity index is 1.90. The molecule has 0 unspecified atom stereocenters. The number of hydrogen-bond donors (Lipinski definition) is 1. The van der Waals surface area contributed by atoms with Crippen molar-refractivity contribution in [3.8, 4) is 11.8 Å². The molecule has 2 amide bonds. The van der Waals surface area contributed by atoms with Gasteiger partial charge in [0.05, 0.1) is 29.8 Å². The van der Waals surface area contributed by atoms with E-state index in [4.69, 9.17) is 10.00 Å². The zero-order chi connectivity index (χ0) is 18.8. The number of pyridine rings is 1.